The number of hydrogen-bond donors (Lipinski definition) is 1. The predicted molar refractivity (Wildman–Crippen MR) is 68.6 cm³/mol. The van der Waals surface area contributed by atoms with Crippen molar-refractivity contribution < 1.29 is 0 Å². The molecule has 0 aliphatic carbocycles. The van der Waals surface area contributed by atoms with Crippen molar-refractivity contribution in [3.8, 4) is 0 Å². The van der Waals surface area contributed by atoms with Crippen molar-refractivity contribution in [2.45, 2.75) is 32.2 Å². The van der Waals surface area contributed by atoms with Crippen LogP contribution in [0, 0.1) is 0 Å². The van der Waals surface area contributed by atoms with Crippen LogP contribution in [-0.2, 0) is 12.8 Å². The van der Waals surface area contributed by atoms with Crippen molar-refractivity contribution in [2.24, 2.45) is 5.73 Å². The van der Waals surface area contributed by atoms with Gasteiger partial charge in [0.25, 0.3) is 0 Å². The van der Waals surface area contributed by atoms with E-state index in [1.807, 2.05) is 0 Å². The maximum absolute atomic E-state index is 5.90. The lowest BCUT2D eigenvalue weighted by Crippen LogP contribution is -2.28. The molecule has 1 aromatic rings. The van der Waals surface area contributed by atoms with Gasteiger partial charge in [0.1, 0.15) is 0 Å². The third-order valence-corrected chi connectivity index (χ3v) is 3.43. The van der Waals surface area contributed by atoms with Gasteiger partial charge in [-0.2, -0.15) is 0 Å². The van der Waals surface area contributed by atoms with Crippen LogP contribution in [0.2, 0.25) is 0 Å². The average molecular weight is 218 g/mol. The first-order valence-electron chi connectivity index (χ1n) is 6.33. The number of nitrogens with zero attached hydrogens (tertiary/aromatic N) is 1. The van der Waals surface area contributed by atoms with Crippen molar-refractivity contribution in [3.05, 3.63) is 35.4 Å². The Morgan fingerprint density at radius 3 is 2.88 bits per heavy atom. The van der Waals surface area contributed by atoms with E-state index in [1.54, 1.807) is 0 Å². The Morgan fingerprint density at radius 2 is 2.19 bits per heavy atom. The highest BCUT2D eigenvalue weighted by Gasteiger charge is 2.18. The normalized spacial score (nSPS) is 21.5. The highest BCUT2D eigenvalue weighted by molar-refractivity contribution is 5.23. The SMILES string of the molecule is CCc1cccc(CCN2CCC(N)C2)c1. The Kier molecular flexibility index (Phi) is 3.97. The van der Waals surface area contributed by atoms with Crippen molar-refractivity contribution in [3.63, 3.8) is 0 Å². The zero-order valence-corrected chi connectivity index (χ0v) is 10.2. The summed E-state index contributed by atoms with van der Waals surface area (Å²) in [6.45, 7) is 5.61. The van der Waals surface area contributed by atoms with Gasteiger partial charge in [0.05, 0.1) is 0 Å². The molecule has 0 bridgehead atoms. The average Bonchev–Trinajstić information content (AvgIpc) is 2.73. The van der Waals surface area contributed by atoms with Crippen LogP contribution in [0.1, 0.15) is 24.5 Å². The standard InChI is InChI=1S/C14H22N2/c1-2-12-4-3-5-13(10-12)6-8-16-9-7-14(15)11-16/h3-5,10,14H,2,6-9,11,15H2,1H3. The molecule has 2 heteroatoms. The van der Waals surface area contributed by atoms with Crippen molar-refractivity contribution >= 4 is 0 Å². The molecule has 1 fully saturated rings. The largest absolute Gasteiger partial charge is 0.326 e. The molecule has 2 rings (SSSR count). The molecule has 1 saturated heterocycles. The zero-order chi connectivity index (χ0) is 11.4. The van der Waals surface area contributed by atoms with E-state index >= 15 is 0 Å². The van der Waals surface area contributed by atoms with E-state index in [0.29, 0.717) is 6.04 Å². The van der Waals surface area contributed by atoms with E-state index in [0.717, 1.165) is 32.4 Å². The fourth-order valence-corrected chi connectivity index (χ4v) is 2.36. The van der Waals surface area contributed by atoms with Gasteiger partial charge in [-0.15, -0.1) is 0 Å². The maximum atomic E-state index is 5.90. The highest BCUT2D eigenvalue weighted by Crippen LogP contribution is 2.10. The van der Waals surface area contributed by atoms with Crippen LogP contribution in [0.15, 0.2) is 24.3 Å². The van der Waals surface area contributed by atoms with E-state index in [1.165, 1.54) is 17.7 Å². The Hall–Kier alpha value is -0.860. The summed E-state index contributed by atoms with van der Waals surface area (Å²) in [5.74, 6) is 0. The molecule has 1 aliphatic heterocycles. The van der Waals surface area contributed by atoms with Gasteiger partial charge in [-0.1, -0.05) is 31.2 Å². The molecule has 1 aromatic carbocycles. The maximum Gasteiger partial charge on any atom is 0.0180 e. The molecule has 16 heavy (non-hydrogen) atoms. The molecular formula is C14H22N2. The summed E-state index contributed by atoms with van der Waals surface area (Å²) in [5.41, 5.74) is 8.80. The van der Waals surface area contributed by atoms with Gasteiger partial charge in [-0.25, -0.2) is 0 Å². The number of likely N-dealkylation sites (tertiary alicyclic amines) is 1. The van der Waals surface area contributed by atoms with Crippen molar-refractivity contribution in [2.75, 3.05) is 19.6 Å². The van der Waals surface area contributed by atoms with Crippen LogP contribution < -0.4 is 5.73 Å². The topological polar surface area (TPSA) is 29.3 Å². The molecular weight excluding hydrogens is 196 g/mol. The Bertz CT molecular complexity index is 335. The van der Waals surface area contributed by atoms with Crippen molar-refractivity contribution in [1.29, 1.82) is 0 Å². The fourth-order valence-electron chi connectivity index (χ4n) is 2.36. The number of hydrogen-bond acceptors (Lipinski definition) is 2. The lowest BCUT2D eigenvalue weighted by Gasteiger charge is -2.15. The van der Waals surface area contributed by atoms with E-state index in [2.05, 4.69) is 36.1 Å². The molecule has 1 aliphatic rings. The van der Waals surface area contributed by atoms with Gasteiger partial charge in [0.15, 0.2) is 0 Å². The highest BCUT2D eigenvalue weighted by atomic mass is 15.2. The summed E-state index contributed by atoms with van der Waals surface area (Å²) in [7, 11) is 0. The van der Waals surface area contributed by atoms with E-state index in [9.17, 15) is 0 Å². The smallest absolute Gasteiger partial charge is 0.0180 e. The van der Waals surface area contributed by atoms with Gasteiger partial charge < -0.3 is 10.6 Å². The Balaban J connectivity index is 1.84. The van der Waals surface area contributed by atoms with Crippen LogP contribution in [0.5, 0.6) is 0 Å². The summed E-state index contributed by atoms with van der Waals surface area (Å²) < 4.78 is 0. The molecule has 0 saturated carbocycles. The van der Waals surface area contributed by atoms with Crippen LogP contribution >= 0.6 is 0 Å². The lowest BCUT2D eigenvalue weighted by atomic mass is 10.1. The first-order valence-corrected chi connectivity index (χ1v) is 6.33. The molecule has 1 heterocycles. The first kappa shape index (κ1) is 11.6. The molecule has 1 atom stereocenters. The number of benzene rings is 1. The van der Waals surface area contributed by atoms with Crippen molar-refractivity contribution in [1.82, 2.24) is 4.90 Å². The quantitative estimate of drug-likeness (QED) is 0.835. The lowest BCUT2D eigenvalue weighted by molar-refractivity contribution is 0.339. The zero-order valence-electron chi connectivity index (χ0n) is 10.2. The van der Waals surface area contributed by atoms with Gasteiger partial charge >= 0.3 is 0 Å². The van der Waals surface area contributed by atoms with Gasteiger partial charge in [-0.05, 0) is 36.9 Å². The molecule has 0 amide bonds. The minimum atomic E-state index is 0.405. The summed E-state index contributed by atoms with van der Waals surface area (Å²) in [4.78, 5) is 2.48. The minimum absolute atomic E-state index is 0.405. The molecule has 88 valence electrons. The third-order valence-electron chi connectivity index (χ3n) is 3.43. The molecule has 1 unspecified atom stereocenters. The molecule has 2 nitrogen and oxygen atoms in total. The van der Waals surface area contributed by atoms with E-state index < -0.39 is 0 Å². The summed E-state index contributed by atoms with van der Waals surface area (Å²) >= 11 is 0. The summed E-state index contributed by atoms with van der Waals surface area (Å²) in [5, 5.41) is 0. The van der Waals surface area contributed by atoms with Gasteiger partial charge in [-0.3, -0.25) is 0 Å². The second kappa shape index (κ2) is 5.46. The number of rotatable bonds is 4. The minimum Gasteiger partial charge on any atom is -0.326 e. The summed E-state index contributed by atoms with van der Waals surface area (Å²) in [6, 6.07) is 9.34. The second-order valence-electron chi connectivity index (χ2n) is 4.77. The second-order valence-corrected chi connectivity index (χ2v) is 4.77. The molecule has 0 spiro atoms. The predicted octanol–water partition coefficient (Wildman–Crippen LogP) is 1.82. The summed E-state index contributed by atoms with van der Waals surface area (Å²) in [6.07, 6.45) is 3.44. The van der Waals surface area contributed by atoms with Crippen LogP contribution in [0.25, 0.3) is 0 Å². The van der Waals surface area contributed by atoms with Gasteiger partial charge in [0, 0.05) is 19.1 Å². The van der Waals surface area contributed by atoms with Crippen LogP contribution in [0.4, 0.5) is 0 Å². The van der Waals surface area contributed by atoms with E-state index in [-0.39, 0.29) is 0 Å². The van der Waals surface area contributed by atoms with E-state index in [4.69, 9.17) is 5.73 Å². The van der Waals surface area contributed by atoms with Crippen LogP contribution in [-0.4, -0.2) is 30.6 Å². The molecule has 0 aromatic heterocycles. The van der Waals surface area contributed by atoms with Gasteiger partial charge in [0.2, 0.25) is 0 Å². The fraction of sp³-hybridized carbons (Fsp3) is 0.571. The van der Waals surface area contributed by atoms with Crippen LogP contribution in [0.3, 0.4) is 0 Å². The number of nitrogens with two attached hydrogens (primary N) is 1. The monoisotopic (exact) mass is 218 g/mol. The Labute approximate surface area is 98.4 Å². The first-order chi connectivity index (χ1) is 7.78. The Morgan fingerprint density at radius 1 is 1.38 bits per heavy atom. The third kappa shape index (κ3) is 3.06. The molecule has 2 N–H and O–H groups in total. The molecule has 0 radical (unpaired) electrons. The number of aryl methyl sites for hydroxylation is 1.